The summed E-state index contributed by atoms with van der Waals surface area (Å²) in [5.74, 6) is 0. The van der Waals surface area contributed by atoms with Gasteiger partial charge in [0, 0.05) is 32.1 Å². The highest BCUT2D eigenvalue weighted by Crippen LogP contribution is 2.09. The Labute approximate surface area is 109 Å². The Hall–Kier alpha value is -1.46. The molecule has 1 N–H and O–H groups in total. The van der Waals surface area contributed by atoms with Gasteiger partial charge in [0.1, 0.15) is 0 Å². The van der Waals surface area contributed by atoms with Gasteiger partial charge in [-0.1, -0.05) is 0 Å². The maximum Gasteiger partial charge on any atom is 0.267 e. The van der Waals surface area contributed by atoms with E-state index in [2.05, 4.69) is 27.2 Å². The first-order valence-electron chi connectivity index (χ1n) is 6.14. The summed E-state index contributed by atoms with van der Waals surface area (Å²) in [5, 5.41) is 11.9. The van der Waals surface area contributed by atoms with Crippen molar-refractivity contribution < 1.29 is 0 Å². The third-order valence-corrected chi connectivity index (χ3v) is 3.94. The van der Waals surface area contributed by atoms with Crippen molar-refractivity contribution >= 4 is 11.3 Å². The number of hydrogen-bond donors (Lipinski definition) is 1. The molecule has 0 fully saturated rings. The summed E-state index contributed by atoms with van der Waals surface area (Å²) in [7, 11) is 0. The second kappa shape index (κ2) is 5.04. The molecule has 0 amide bonds. The number of aryl methyl sites for hydroxylation is 2. The fourth-order valence-electron chi connectivity index (χ4n) is 2.19. The van der Waals surface area contributed by atoms with Crippen LogP contribution < -0.4 is 10.9 Å². The maximum absolute atomic E-state index is 11.9. The normalized spacial score (nSPS) is 14.4. The lowest BCUT2D eigenvalue weighted by Crippen LogP contribution is -2.32. The molecule has 5 heteroatoms. The van der Waals surface area contributed by atoms with Crippen molar-refractivity contribution in [1.29, 1.82) is 0 Å². The van der Waals surface area contributed by atoms with Crippen molar-refractivity contribution in [3.8, 4) is 0 Å². The molecule has 4 nitrogen and oxygen atoms in total. The molecule has 1 aliphatic heterocycles. The van der Waals surface area contributed by atoms with E-state index in [-0.39, 0.29) is 5.56 Å². The van der Waals surface area contributed by atoms with E-state index >= 15 is 0 Å². The molecule has 0 atom stereocenters. The van der Waals surface area contributed by atoms with Crippen molar-refractivity contribution in [2.24, 2.45) is 0 Å². The molecular weight excluding hydrogens is 246 g/mol. The molecule has 2 aromatic heterocycles. The standard InChI is InChI=1S/C13H15N3OS/c17-13-7-11-8-14-4-1-12(11)15-16(13)5-2-10-3-6-18-9-10/h3,6-7,9,14H,1-2,4-5,8H2. The van der Waals surface area contributed by atoms with E-state index in [1.54, 1.807) is 22.1 Å². The molecule has 2 aromatic rings. The van der Waals surface area contributed by atoms with E-state index < -0.39 is 0 Å². The zero-order valence-electron chi connectivity index (χ0n) is 10.1. The summed E-state index contributed by atoms with van der Waals surface area (Å²) < 4.78 is 1.60. The van der Waals surface area contributed by atoms with Crippen molar-refractivity contribution in [3.05, 3.63) is 50.1 Å². The van der Waals surface area contributed by atoms with E-state index in [0.29, 0.717) is 6.54 Å². The lowest BCUT2D eigenvalue weighted by atomic mass is 10.1. The average Bonchev–Trinajstić information content (AvgIpc) is 2.89. The van der Waals surface area contributed by atoms with Crippen LogP contribution >= 0.6 is 11.3 Å². The molecule has 1 aliphatic rings. The van der Waals surface area contributed by atoms with Crippen molar-refractivity contribution in [2.75, 3.05) is 6.54 Å². The summed E-state index contributed by atoms with van der Waals surface area (Å²) in [5.41, 5.74) is 3.40. The number of hydrogen-bond acceptors (Lipinski definition) is 4. The van der Waals surface area contributed by atoms with E-state index in [0.717, 1.165) is 37.2 Å². The summed E-state index contributed by atoms with van der Waals surface area (Å²) in [6.07, 6.45) is 1.78. The molecule has 0 saturated carbocycles. The number of rotatable bonds is 3. The van der Waals surface area contributed by atoms with Gasteiger partial charge in [0.2, 0.25) is 0 Å². The molecular formula is C13H15N3OS. The molecule has 0 unspecified atom stereocenters. The minimum Gasteiger partial charge on any atom is -0.312 e. The summed E-state index contributed by atoms with van der Waals surface area (Å²) in [6, 6.07) is 3.82. The summed E-state index contributed by atoms with van der Waals surface area (Å²) in [6.45, 7) is 2.38. The van der Waals surface area contributed by atoms with Gasteiger partial charge >= 0.3 is 0 Å². The van der Waals surface area contributed by atoms with Crippen LogP contribution in [0.2, 0.25) is 0 Å². The zero-order valence-corrected chi connectivity index (χ0v) is 10.9. The lowest BCUT2D eigenvalue weighted by Gasteiger charge is -2.16. The highest BCUT2D eigenvalue weighted by Gasteiger charge is 2.12. The molecule has 0 spiro atoms. The minimum atomic E-state index is 0.00711. The quantitative estimate of drug-likeness (QED) is 0.903. The molecule has 3 rings (SSSR count). The first kappa shape index (κ1) is 11.6. The molecule has 0 radical (unpaired) electrons. The molecule has 18 heavy (non-hydrogen) atoms. The summed E-state index contributed by atoms with van der Waals surface area (Å²) in [4.78, 5) is 11.9. The van der Waals surface area contributed by atoms with E-state index in [9.17, 15) is 4.79 Å². The fourth-order valence-corrected chi connectivity index (χ4v) is 2.89. The Morgan fingerprint density at radius 2 is 2.44 bits per heavy atom. The lowest BCUT2D eigenvalue weighted by molar-refractivity contribution is 0.533. The largest absolute Gasteiger partial charge is 0.312 e. The van der Waals surface area contributed by atoms with Crippen molar-refractivity contribution in [2.45, 2.75) is 25.9 Å². The fraction of sp³-hybridized carbons (Fsp3) is 0.385. The van der Waals surface area contributed by atoms with Gasteiger partial charge in [-0.25, -0.2) is 4.68 Å². The van der Waals surface area contributed by atoms with Crippen LogP contribution in [0.3, 0.4) is 0 Å². The van der Waals surface area contributed by atoms with Crippen LogP contribution in [0.4, 0.5) is 0 Å². The van der Waals surface area contributed by atoms with Gasteiger partial charge in [-0.3, -0.25) is 4.79 Å². The second-order valence-electron chi connectivity index (χ2n) is 4.49. The molecule has 0 aromatic carbocycles. The topological polar surface area (TPSA) is 46.9 Å². The Morgan fingerprint density at radius 3 is 3.28 bits per heavy atom. The number of aromatic nitrogens is 2. The van der Waals surface area contributed by atoms with Crippen LogP contribution in [0.25, 0.3) is 0 Å². The van der Waals surface area contributed by atoms with E-state index in [1.165, 1.54) is 5.56 Å². The first-order valence-corrected chi connectivity index (χ1v) is 7.09. The van der Waals surface area contributed by atoms with Crippen LogP contribution in [0.15, 0.2) is 27.7 Å². The van der Waals surface area contributed by atoms with Crippen LogP contribution in [-0.4, -0.2) is 16.3 Å². The van der Waals surface area contributed by atoms with Gasteiger partial charge in [-0.05, 0) is 34.4 Å². The van der Waals surface area contributed by atoms with Gasteiger partial charge < -0.3 is 5.32 Å². The number of nitrogens with one attached hydrogen (secondary N) is 1. The Balaban J connectivity index is 1.81. The summed E-state index contributed by atoms with van der Waals surface area (Å²) >= 11 is 1.69. The highest BCUT2D eigenvalue weighted by molar-refractivity contribution is 7.07. The number of thiophene rings is 1. The smallest absolute Gasteiger partial charge is 0.267 e. The molecule has 0 aliphatic carbocycles. The Kier molecular flexibility index (Phi) is 3.25. The molecule has 0 bridgehead atoms. The molecule has 94 valence electrons. The molecule has 0 saturated heterocycles. The Bertz CT molecular complexity index is 589. The van der Waals surface area contributed by atoms with Crippen LogP contribution in [0.1, 0.15) is 16.8 Å². The first-order chi connectivity index (χ1) is 8.83. The number of fused-ring (bicyclic) bond motifs is 1. The van der Waals surface area contributed by atoms with Crippen molar-refractivity contribution in [3.63, 3.8) is 0 Å². The predicted molar refractivity (Wildman–Crippen MR) is 71.9 cm³/mol. The van der Waals surface area contributed by atoms with Crippen molar-refractivity contribution in [1.82, 2.24) is 15.1 Å². The van der Waals surface area contributed by atoms with Crippen LogP contribution in [-0.2, 0) is 25.9 Å². The van der Waals surface area contributed by atoms with Crippen LogP contribution in [0, 0.1) is 0 Å². The third-order valence-electron chi connectivity index (χ3n) is 3.21. The highest BCUT2D eigenvalue weighted by atomic mass is 32.1. The van der Waals surface area contributed by atoms with Gasteiger partial charge in [0.25, 0.3) is 5.56 Å². The number of nitrogens with zero attached hydrogens (tertiary/aromatic N) is 2. The predicted octanol–water partition coefficient (Wildman–Crippen LogP) is 1.19. The molecule has 3 heterocycles. The Morgan fingerprint density at radius 1 is 1.50 bits per heavy atom. The second-order valence-corrected chi connectivity index (χ2v) is 5.27. The SMILES string of the molecule is O=c1cc2c(nn1CCc1ccsc1)CCNC2. The van der Waals surface area contributed by atoms with E-state index in [1.807, 2.05) is 0 Å². The third kappa shape index (κ3) is 2.37. The van der Waals surface area contributed by atoms with Gasteiger partial charge in [0.15, 0.2) is 0 Å². The van der Waals surface area contributed by atoms with Gasteiger partial charge in [-0.15, -0.1) is 0 Å². The zero-order chi connectivity index (χ0) is 12.4. The van der Waals surface area contributed by atoms with Gasteiger partial charge in [0.05, 0.1) is 5.69 Å². The van der Waals surface area contributed by atoms with E-state index in [4.69, 9.17) is 0 Å². The maximum atomic E-state index is 11.9. The van der Waals surface area contributed by atoms with Gasteiger partial charge in [-0.2, -0.15) is 16.4 Å². The minimum absolute atomic E-state index is 0.00711. The average molecular weight is 261 g/mol. The van der Waals surface area contributed by atoms with Crippen LogP contribution in [0.5, 0.6) is 0 Å². The monoisotopic (exact) mass is 261 g/mol.